The van der Waals surface area contributed by atoms with Crippen LogP contribution in [0.5, 0.6) is 0 Å². The molecule has 0 aliphatic heterocycles. The summed E-state index contributed by atoms with van der Waals surface area (Å²) >= 11 is 1.60. The van der Waals surface area contributed by atoms with E-state index in [1.807, 2.05) is 108 Å². The van der Waals surface area contributed by atoms with Gasteiger partial charge in [-0.1, -0.05) is 89.9 Å². The van der Waals surface area contributed by atoms with Crippen LogP contribution in [0.25, 0.3) is 0 Å². The van der Waals surface area contributed by atoms with Crippen LogP contribution in [0, 0.1) is 0 Å². The minimum Gasteiger partial charge on any atom is -0.370 e. The molecule has 6 heteroatoms. The molecule has 4 N–H and O–H groups in total. The van der Waals surface area contributed by atoms with Gasteiger partial charge in [-0.3, -0.25) is 9.59 Å². The molecule has 5 nitrogen and oxygen atoms in total. The van der Waals surface area contributed by atoms with Crippen molar-refractivity contribution < 1.29 is 9.59 Å². The van der Waals surface area contributed by atoms with E-state index in [1.165, 1.54) is 0 Å². The van der Waals surface area contributed by atoms with Crippen molar-refractivity contribution in [2.24, 2.45) is 5.73 Å². The minimum atomic E-state index is -0.373. The number of anilines is 2. The first-order valence-corrected chi connectivity index (χ1v) is 11.8. The normalized spacial score (nSPS) is 8.10. The number of rotatable bonds is 7. The number of amides is 2. The van der Waals surface area contributed by atoms with Gasteiger partial charge in [0.15, 0.2) is 0 Å². The summed E-state index contributed by atoms with van der Waals surface area (Å²) in [7, 11) is 0. The number of nitrogens with one attached hydrogen (secondary N) is 2. The molecule has 0 bridgehead atoms. The molecule has 0 spiro atoms. The average molecular weight is 436 g/mol. The van der Waals surface area contributed by atoms with Gasteiger partial charge in [-0.15, -0.1) is 0 Å². The maximum absolute atomic E-state index is 11.3. The molecule has 2 aromatic carbocycles. The van der Waals surface area contributed by atoms with Crippen LogP contribution in [0.1, 0.15) is 60.8 Å². The number of para-hydroxylation sites is 2. The Labute approximate surface area is 188 Å². The van der Waals surface area contributed by atoms with Gasteiger partial charge in [0.25, 0.3) is 0 Å². The maximum Gasteiger partial charge on any atom is 0.224 e. The molecule has 2 aromatic rings. The van der Waals surface area contributed by atoms with E-state index in [-0.39, 0.29) is 18.2 Å². The first kappa shape index (κ1) is 32.2. The second-order valence-electron chi connectivity index (χ2n) is 4.91. The van der Waals surface area contributed by atoms with Crippen molar-refractivity contribution in [2.75, 3.05) is 16.3 Å². The fourth-order valence-corrected chi connectivity index (χ4v) is 2.16. The first-order valence-electron chi connectivity index (χ1n) is 10.6. The predicted molar refractivity (Wildman–Crippen MR) is 136 cm³/mol. The van der Waals surface area contributed by atoms with Gasteiger partial charge in [0.05, 0.1) is 0 Å². The Morgan fingerprint density at radius 3 is 1.60 bits per heavy atom. The number of primary amides is 1. The fraction of sp³-hybridized carbons (Fsp3) is 0.417. The van der Waals surface area contributed by atoms with Gasteiger partial charge < -0.3 is 15.8 Å². The van der Waals surface area contributed by atoms with E-state index in [9.17, 15) is 9.59 Å². The van der Waals surface area contributed by atoms with Crippen molar-refractivity contribution in [1.82, 2.24) is 0 Å². The second kappa shape index (κ2) is 26.5. The van der Waals surface area contributed by atoms with Gasteiger partial charge in [-0.05, 0) is 30.7 Å². The minimum absolute atomic E-state index is 0.0950. The molecule has 0 atom stereocenters. The van der Waals surface area contributed by atoms with Crippen molar-refractivity contribution in [3.63, 3.8) is 0 Å². The van der Waals surface area contributed by atoms with Gasteiger partial charge in [0.1, 0.15) is 0 Å². The monoisotopic (exact) mass is 435 g/mol. The summed E-state index contributed by atoms with van der Waals surface area (Å²) in [5.41, 5.74) is 6.88. The number of benzene rings is 2. The van der Waals surface area contributed by atoms with Gasteiger partial charge in [-0.25, -0.2) is 0 Å². The van der Waals surface area contributed by atoms with Crippen LogP contribution in [0.2, 0.25) is 0 Å². The molecule has 0 saturated heterocycles. The van der Waals surface area contributed by atoms with Gasteiger partial charge in [-0.2, -0.15) is 0 Å². The molecular formula is C24H41N3O2S. The Bertz CT molecular complexity index is 608. The molecule has 170 valence electrons. The maximum atomic E-state index is 11.3. The standard InChI is InChI=1S/C11H14N2O2.C7H9NS.3C2H6/c12-10(14)7-4-8-11(15)13-9-5-2-1-3-6-9;1-9-8-7-5-3-2-4-6-7;3*1-2/h1-3,5-6H,4,7-8H2,(H2,12,14)(H,13,15);2-6,8H,1H3;3*1-2H3. The number of carbonyl (C=O) groups excluding carboxylic acids is 2. The molecule has 0 unspecified atom stereocenters. The van der Waals surface area contributed by atoms with E-state index in [0.717, 1.165) is 11.4 Å². The number of hydrogen-bond donors (Lipinski definition) is 3. The van der Waals surface area contributed by atoms with E-state index in [0.29, 0.717) is 12.8 Å². The van der Waals surface area contributed by atoms with E-state index >= 15 is 0 Å². The molecular weight excluding hydrogens is 394 g/mol. The van der Waals surface area contributed by atoms with Crippen molar-refractivity contribution in [3.05, 3.63) is 60.7 Å². The summed E-state index contributed by atoms with van der Waals surface area (Å²) in [5.74, 6) is -0.468. The highest BCUT2D eigenvalue weighted by atomic mass is 32.2. The molecule has 0 aromatic heterocycles. The first-order chi connectivity index (χ1) is 14.6. The highest BCUT2D eigenvalue weighted by molar-refractivity contribution is 7.99. The summed E-state index contributed by atoms with van der Waals surface area (Å²) in [4.78, 5) is 21.8. The van der Waals surface area contributed by atoms with Crippen LogP contribution >= 0.6 is 11.9 Å². The van der Waals surface area contributed by atoms with Crippen molar-refractivity contribution in [3.8, 4) is 0 Å². The fourth-order valence-electron chi connectivity index (χ4n) is 1.79. The number of nitrogens with two attached hydrogens (primary N) is 1. The molecule has 30 heavy (non-hydrogen) atoms. The van der Waals surface area contributed by atoms with Crippen molar-refractivity contribution in [1.29, 1.82) is 0 Å². The third kappa shape index (κ3) is 21.8. The number of hydrogen-bond acceptors (Lipinski definition) is 4. The number of carbonyl (C=O) groups is 2. The third-order valence-corrected chi connectivity index (χ3v) is 3.32. The quantitative estimate of drug-likeness (QED) is 0.421. The molecule has 0 heterocycles. The molecule has 0 aliphatic carbocycles. The second-order valence-corrected chi connectivity index (χ2v) is 5.52. The Morgan fingerprint density at radius 2 is 1.20 bits per heavy atom. The van der Waals surface area contributed by atoms with Crippen LogP contribution in [-0.4, -0.2) is 18.1 Å². The predicted octanol–water partition coefficient (Wildman–Crippen LogP) is 6.74. The van der Waals surface area contributed by atoms with E-state index in [2.05, 4.69) is 10.0 Å². The summed E-state index contributed by atoms with van der Waals surface area (Å²) in [6.45, 7) is 12.0. The zero-order chi connectivity index (χ0) is 23.6. The summed E-state index contributed by atoms with van der Waals surface area (Å²) in [5, 5.41) is 2.72. The lowest BCUT2D eigenvalue weighted by Gasteiger charge is -2.03. The van der Waals surface area contributed by atoms with Crippen molar-refractivity contribution in [2.45, 2.75) is 60.8 Å². The van der Waals surface area contributed by atoms with Crippen LogP contribution in [0.3, 0.4) is 0 Å². The highest BCUT2D eigenvalue weighted by Crippen LogP contribution is 2.08. The molecule has 0 aliphatic rings. The Kier molecular flexibility index (Phi) is 28.5. The summed E-state index contributed by atoms with van der Waals surface area (Å²) in [6, 6.07) is 19.3. The Balaban J connectivity index is -0.000000415. The van der Waals surface area contributed by atoms with E-state index in [1.54, 1.807) is 11.9 Å². The van der Waals surface area contributed by atoms with Gasteiger partial charge in [0.2, 0.25) is 11.8 Å². The van der Waals surface area contributed by atoms with E-state index in [4.69, 9.17) is 5.73 Å². The summed E-state index contributed by atoms with van der Waals surface area (Å²) < 4.78 is 3.12. The Morgan fingerprint density at radius 1 is 0.767 bits per heavy atom. The molecule has 2 rings (SSSR count). The van der Waals surface area contributed by atoms with Crippen LogP contribution in [0.15, 0.2) is 60.7 Å². The topological polar surface area (TPSA) is 84.2 Å². The van der Waals surface area contributed by atoms with Crippen LogP contribution in [-0.2, 0) is 9.59 Å². The van der Waals surface area contributed by atoms with Crippen molar-refractivity contribution >= 4 is 35.1 Å². The SMILES string of the molecule is CC.CC.CC.CSNc1ccccc1.NC(=O)CCCC(=O)Nc1ccccc1. The van der Waals surface area contributed by atoms with Gasteiger partial charge >= 0.3 is 0 Å². The highest BCUT2D eigenvalue weighted by Gasteiger charge is 2.02. The molecule has 0 fully saturated rings. The van der Waals surface area contributed by atoms with Crippen LogP contribution < -0.4 is 15.8 Å². The van der Waals surface area contributed by atoms with Crippen LogP contribution in [0.4, 0.5) is 11.4 Å². The smallest absolute Gasteiger partial charge is 0.224 e. The third-order valence-electron chi connectivity index (χ3n) is 2.88. The largest absolute Gasteiger partial charge is 0.370 e. The average Bonchev–Trinajstić information content (AvgIpc) is 2.80. The summed E-state index contributed by atoms with van der Waals surface area (Å²) in [6.07, 6.45) is 3.07. The van der Waals surface area contributed by atoms with Gasteiger partial charge in [0, 0.05) is 30.5 Å². The zero-order valence-electron chi connectivity index (χ0n) is 19.7. The lowest BCUT2D eigenvalue weighted by atomic mass is 10.2. The lowest BCUT2D eigenvalue weighted by molar-refractivity contribution is -0.118. The molecule has 2 amide bonds. The molecule has 0 saturated carbocycles. The Hall–Kier alpha value is -2.47. The lowest BCUT2D eigenvalue weighted by Crippen LogP contribution is -2.14. The zero-order valence-corrected chi connectivity index (χ0v) is 20.5. The van der Waals surface area contributed by atoms with E-state index < -0.39 is 0 Å². The molecule has 0 radical (unpaired) electrons.